The smallest absolute Gasteiger partial charge is 0.244 e. The Balaban J connectivity index is 2.10. The van der Waals surface area contributed by atoms with Gasteiger partial charge in [0.25, 0.3) is 0 Å². The Kier molecular flexibility index (Phi) is 11.8. The average Bonchev–Trinajstić information content (AvgIpc) is 2.90. The Morgan fingerprint density at radius 2 is 1.51 bits per heavy atom. The van der Waals surface area contributed by atoms with Crippen LogP contribution < -0.4 is 9.62 Å². The molecule has 2 amide bonds. The van der Waals surface area contributed by atoms with Gasteiger partial charge < -0.3 is 10.2 Å². The Labute approximate surface area is 261 Å². The lowest BCUT2D eigenvalue weighted by atomic mass is 10.0. The summed E-state index contributed by atoms with van der Waals surface area (Å²) >= 11 is 25.0. The van der Waals surface area contributed by atoms with E-state index in [0.717, 1.165) is 16.1 Å². The molecule has 0 aliphatic rings. The number of amides is 2. The number of sulfonamides is 1. The van der Waals surface area contributed by atoms with Crippen LogP contribution in [-0.4, -0.2) is 50.5 Å². The van der Waals surface area contributed by atoms with Crippen LogP contribution in [0.2, 0.25) is 20.1 Å². The molecular formula is C29H31Cl4N3O4S. The third-order valence-electron chi connectivity index (χ3n) is 6.17. The highest BCUT2D eigenvalue weighted by Crippen LogP contribution is 2.31. The summed E-state index contributed by atoms with van der Waals surface area (Å²) in [6.45, 7) is 3.60. The molecule has 220 valence electrons. The first-order valence-corrected chi connectivity index (χ1v) is 16.1. The number of carbonyl (C=O) groups excluding carboxylic acids is 2. The van der Waals surface area contributed by atoms with E-state index in [2.05, 4.69) is 5.32 Å². The molecule has 0 radical (unpaired) electrons. The number of hydrogen-bond donors (Lipinski definition) is 1. The fourth-order valence-corrected chi connectivity index (χ4v) is 5.84. The number of anilines is 1. The predicted octanol–water partition coefficient (Wildman–Crippen LogP) is 6.48. The minimum Gasteiger partial charge on any atom is -0.354 e. The second-order valence-corrected chi connectivity index (χ2v) is 13.6. The first-order valence-electron chi connectivity index (χ1n) is 12.7. The van der Waals surface area contributed by atoms with E-state index < -0.39 is 28.5 Å². The fourth-order valence-electron chi connectivity index (χ4n) is 4.08. The quantitative estimate of drug-likeness (QED) is 0.241. The number of halogens is 4. The molecule has 3 rings (SSSR count). The van der Waals surface area contributed by atoms with E-state index in [1.165, 1.54) is 23.1 Å². The van der Waals surface area contributed by atoms with Crippen LogP contribution in [0.15, 0.2) is 66.7 Å². The zero-order chi connectivity index (χ0) is 30.3. The first-order chi connectivity index (χ1) is 19.3. The molecule has 41 heavy (non-hydrogen) atoms. The van der Waals surface area contributed by atoms with Crippen molar-refractivity contribution in [2.24, 2.45) is 5.92 Å². The second-order valence-electron chi connectivity index (χ2n) is 9.97. The van der Waals surface area contributed by atoms with Gasteiger partial charge in [-0.25, -0.2) is 8.42 Å². The van der Waals surface area contributed by atoms with Crippen molar-refractivity contribution in [2.45, 2.75) is 32.9 Å². The molecular weight excluding hydrogens is 628 g/mol. The molecule has 7 nitrogen and oxygen atoms in total. The lowest BCUT2D eigenvalue weighted by Crippen LogP contribution is -2.53. The van der Waals surface area contributed by atoms with Crippen LogP contribution >= 0.6 is 46.4 Å². The standard InChI is InChI=1S/C29H31Cl4N3O4S/c1-19(2)16-34-29(38)27(13-20-7-5-4-6-8-20)35(17-21-9-10-22(30)14-25(21)33)28(37)18-36(41(3,39)40)26-15-23(31)11-12-24(26)32/h4-12,14-15,19,27H,13,16-18H2,1-3H3,(H,34,38)/t27-/m1/s1. The summed E-state index contributed by atoms with van der Waals surface area (Å²) in [6.07, 6.45) is 1.15. The van der Waals surface area contributed by atoms with Gasteiger partial charge in [0.15, 0.2) is 0 Å². The third kappa shape index (κ3) is 9.51. The molecule has 3 aromatic rings. The van der Waals surface area contributed by atoms with Crippen molar-refractivity contribution >= 4 is 73.9 Å². The molecule has 0 heterocycles. The van der Waals surface area contributed by atoms with E-state index in [9.17, 15) is 18.0 Å². The number of carbonyl (C=O) groups is 2. The Morgan fingerprint density at radius 1 is 0.878 bits per heavy atom. The molecule has 12 heteroatoms. The molecule has 1 atom stereocenters. The van der Waals surface area contributed by atoms with Crippen LogP contribution in [0, 0.1) is 5.92 Å². The van der Waals surface area contributed by atoms with Gasteiger partial charge in [-0.15, -0.1) is 0 Å². The Hall–Kier alpha value is -2.49. The number of hydrogen-bond acceptors (Lipinski definition) is 4. The van der Waals surface area contributed by atoms with Crippen LogP contribution in [0.5, 0.6) is 0 Å². The van der Waals surface area contributed by atoms with Crippen molar-refractivity contribution in [3.63, 3.8) is 0 Å². The van der Waals surface area contributed by atoms with Gasteiger partial charge in [-0.1, -0.05) is 96.6 Å². The summed E-state index contributed by atoms with van der Waals surface area (Å²) in [4.78, 5) is 29.1. The summed E-state index contributed by atoms with van der Waals surface area (Å²) < 4.78 is 26.7. The van der Waals surface area contributed by atoms with Crippen molar-refractivity contribution in [3.05, 3.63) is 97.9 Å². The minimum atomic E-state index is -4.00. The molecule has 3 aromatic carbocycles. The Morgan fingerprint density at radius 3 is 2.12 bits per heavy atom. The number of rotatable bonds is 12. The highest BCUT2D eigenvalue weighted by atomic mass is 35.5. The molecule has 0 fully saturated rings. The summed E-state index contributed by atoms with van der Waals surface area (Å²) in [7, 11) is -4.00. The van der Waals surface area contributed by atoms with Gasteiger partial charge in [0.1, 0.15) is 12.6 Å². The van der Waals surface area contributed by atoms with E-state index in [1.807, 2.05) is 44.2 Å². The normalized spacial score (nSPS) is 12.2. The van der Waals surface area contributed by atoms with Crippen LogP contribution in [0.4, 0.5) is 5.69 Å². The summed E-state index contributed by atoms with van der Waals surface area (Å²) in [5, 5.41) is 3.96. The molecule has 0 aliphatic carbocycles. The van der Waals surface area contributed by atoms with Crippen molar-refractivity contribution in [2.75, 3.05) is 23.7 Å². The van der Waals surface area contributed by atoms with E-state index >= 15 is 0 Å². The van der Waals surface area contributed by atoms with Gasteiger partial charge in [-0.05, 0) is 47.4 Å². The summed E-state index contributed by atoms with van der Waals surface area (Å²) in [6, 6.07) is 17.4. The number of benzene rings is 3. The van der Waals surface area contributed by atoms with Crippen molar-refractivity contribution in [3.8, 4) is 0 Å². The second kappa shape index (κ2) is 14.6. The molecule has 0 spiro atoms. The average molecular weight is 659 g/mol. The highest BCUT2D eigenvalue weighted by Gasteiger charge is 2.34. The summed E-state index contributed by atoms with van der Waals surface area (Å²) in [5.74, 6) is -0.859. The predicted molar refractivity (Wildman–Crippen MR) is 167 cm³/mol. The van der Waals surface area contributed by atoms with E-state index in [-0.39, 0.29) is 40.5 Å². The molecule has 0 bridgehead atoms. The van der Waals surface area contributed by atoms with E-state index in [0.29, 0.717) is 22.2 Å². The third-order valence-corrected chi connectivity index (χ3v) is 8.44. The molecule has 0 aliphatic heterocycles. The van der Waals surface area contributed by atoms with Crippen molar-refractivity contribution < 1.29 is 18.0 Å². The lowest BCUT2D eigenvalue weighted by Gasteiger charge is -2.34. The van der Waals surface area contributed by atoms with Crippen LogP contribution in [0.3, 0.4) is 0 Å². The van der Waals surface area contributed by atoms with Gasteiger partial charge in [0.05, 0.1) is 17.0 Å². The molecule has 0 saturated heterocycles. The largest absolute Gasteiger partial charge is 0.354 e. The van der Waals surface area contributed by atoms with Gasteiger partial charge in [0.2, 0.25) is 21.8 Å². The fraction of sp³-hybridized carbons (Fsp3) is 0.310. The van der Waals surface area contributed by atoms with Gasteiger partial charge in [-0.3, -0.25) is 13.9 Å². The first kappa shape index (κ1) is 33.0. The molecule has 1 N–H and O–H groups in total. The van der Waals surface area contributed by atoms with Crippen LogP contribution in [-0.2, 0) is 32.6 Å². The Bertz CT molecular complexity index is 1490. The van der Waals surface area contributed by atoms with Gasteiger partial charge in [0, 0.05) is 34.6 Å². The highest BCUT2D eigenvalue weighted by molar-refractivity contribution is 7.92. The molecule has 0 unspecified atom stereocenters. The molecule has 0 saturated carbocycles. The zero-order valence-electron chi connectivity index (χ0n) is 22.8. The maximum atomic E-state index is 14.1. The minimum absolute atomic E-state index is 0.0448. The van der Waals surface area contributed by atoms with E-state index in [4.69, 9.17) is 46.4 Å². The number of nitrogens with zero attached hydrogens (tertiary/aromatic N) is 2. The van der Waals surface area contributed by atoms with Crippen LogP contribution in [0.25, 0.3) is 0 Å². The van der Waals surface area contributed by atoms with Gasteiger partial charge >= 0.3 is 0 Å². The lowest BCUT2D eigenvalue weighted by molar-refractivity contribution is -0.140. The zero-order valence-corrected chi connectivity index (χ0v) is 26.6. The molecule has 0 aromatic heterocycles. The maximum absolute atomic E-state index is 14.1. The summed E-state index contributed by atoms with van der Waals surface area (Å²) in [5.41, 5.74) is 1.39. The van der Waals surface area contributed by atoms with E-state index in [1.54, 1.807) is 18.2 Å². The van der Waals surface area contributed by atoms with Crippen molar-refractivity contribution in [1.82, 2.24) is 10.2 Å². The maximum Gasteiger partial charge on any atom is 0.244 e. The SMILES string of the molecule is CC(C)CNC(=O)[C@@H](Cc1ccccc1)N(Cc1ccc(Cl)cc1Cl)C(=O)CN(c1cc(Cl)ccc1Cl)S(C)(=O)=O. The topological polar surface area (TPSA) is 86.8 Å². The van der Waals surface area contributed by atoms with Crippen molar-refractivity contribution in [1.29, 1.82) is 0 Å². The van der Waals surface area contributed by atoms with Gasteiger partial charge in [-0.2, -0.15) is 0 Å². The number of nitrogens with one attached hydrogen (secondary N) is 1. The van der Waals surface area contributed by atoms with Crippen LogP contribution in [0.1, 0.15) is 25.0 Å². The monoisotopic (exact) mass is 657 g/mol.